The van der Waals surface area contributed by atoms with Crippen LogP contribution in [0.15, 0.2) is 35.9 Å². The Balaban J connectivity index is 2.12. The largest absolute Gasteiger partial charge is 0.465 e. The van der Waals surface area contributed by atoms with Crippen molar-refractivity contribution in [2.24, 2.45) is 0 Å². The van der Waals surface area contributed by atoms with Gasteiger partial charge in [-0.25, -0.2) is 9.59 Å². The van der Waals surface area contributed by atoms with Crippen LogP contribution in [0.4, 0.5) is 4.79 Å². The number of nitrogens with zero attached hydrogens (tertiary/aromatic N) is 2. The second kappa shape index (κ2) is 7.15. The first-order chi connectivity index (χ1) is 13.3. The fourth-order valence-electron chi connectivity index (χ4n) is 3.16. The number of esters is 1. The Morgan fingerprint density at radius 1 is 1.14 bits per heavy atom. The number of ether oxygens (including phenoxy) is 1. The van der Waals surface area contributed by atoms with Crippen LogP contribution >= 0.6 is 0 Å². The van der Waals surface area contributed by atoms with Crippen molar-refractivity contribution in [1.29, 1.82) is 0 Å². The van der Waals surface area contributed by atoms with E-state index in [9.17, 15) is 19.2 Å². The predicted molar refractivity (Wildman–Crippen MR) is 101 cm³/mol. The van der Waals surface area contributed by atoms with Crippen molar-refractivity contribution >= 4 is 29.9 Å². The van der Waals surface area contributed by atoms with Crippen molar-refractivity contribution < 1.29 is 23.9 Å². The van der Waals surface area contributed by atoms with Crippen molar-refractivity contribution in [2.75, 3.05) is 14.2 Å². The molecule has 0 atom stereocenters. The number of methoxy groups -OCH3 is 1. The smallest absolute Gasteiger partial charge is 0.339 e. The van der Waals surface area contributed by atoms with Crippen LogP contribution in [-0.2, 0) is 14.3 Å². The van der Waals surface area contributed by atoms with Gasteiger partial charge in [0.15, 0.2) is 0 Å². The van der Waals surface area contributed by atoms with E-state index in [0.717, 1.165) is 16.3 Å². The lowest BCUT2D eigenvalue weighted by atomic mass is 10.1. The summed E-state index contributed by atoms with van der Waals surface area (Å²) in [4.78, 5) is 48.9. The number of para-hydroxylation sites is 1. The minimum atomic E-state index is -0.760. The summed E-state index contributed by atoms with van der Waals surface area (Å²) in [6, 6.07) is 8.03. The van der Waals surface area contributed by atoms with E-state index in [-0.39, 0.29) is 5.57 Å². The number of rotatable bonds is 3. The zero-order valence-electron chi connectivity index (χ0n) is 15.9. The van der Waals surface area contributed by atoms with Crippen LogP contribution in [0.1, 0.15) is 27.3 Å². The van der Waals surface area contributed by atoms with Gasteiger partial charge in [-0.2, -0.15) is 0 Å². The molecule has 0 spiro atoms. The highest BCUT2D eigenvalue weighted by molar-refractivity contribution is 6.30. The van der Waals surface area contributed by atoms with Crippen LogP contribution in [0.3, 0.4) is 0 Å². The fourth-order valence-corrected chi connectivity index (χ4v) is 3.16. The minimum absolute atomic E-state index is 0.136. The van der Waals surface area contributed by atoms with Crippen molar-refractivity contribution in [3.8, 4) is 5.69 Å². The van der Waals surface area contributed by atoms with Crippen molar-refractivity contribution in [3.05, 3.63) is 58.4 Å². The highest BCUT2D eigenvalue weighted by Gasteiger charge is 2.33. The SMILES string of the molecule is COC(=O)c1ccccc1-n1c(C)cc(/C=C2/C(=O)NC(=O)N(C)C2=O)c1C. The summed E-state index contributed by atoms with van der Waals surface area (Å²) in [5, 5.41) is 2.12. The normalized spacial score (nSPS) is 15.8. The summed E-state index contributed by atoms with van der Waals surface area (Å²) >= 11 is 0. The minimum Gasteiger partial charge on any atom is -0.465 e. The van der Waals surface area contributed by atoms with E-state index in [4.69, 9.17) is 4.74 Å². The molecule has 2 heterocycles. The van der Waals surface area contributed by atoms with E-state index in [1.54, 1.807) is 30.3 Å². The number of hydrogen-bond donors (Lipinski definition) is 1. The summed E-state index contributed by atoms with van der Waals surface area (Å²) < 4.78 is 6.70. The molecule has 2 aromatic rings. The number of aromatic nitrogens is 1. The van der Waals surface area contributed by atoms with E-state index in [1.165, 1.54) is 20.2 Å². The number of aryl methyl sites for hydroxylation is 1. The second-order valence-electron chi connectivity index (χ2n) is 6.35. The lowest BCUT2D eigenvalue weighted by Crippen LogP contribution is -2.52. The summed E-state index contributed by atoms with van der Waals surface area (Å²) in [5.74, 6) is -1.88. The third kappa shape index (κ3) is 3.09. The Bertz CT molecular complexity index is 1050. The van der Waals surface area contributed by atoms with Crippen LogP contribution in [0.25, 0.3) is 11.8 Å². The average molecular weight is 381 g/mol. The van der Waals surface area contributed by atoms with Crippen LogP contribution in [0, 0.1) is 13.8 Å². The molecule has 144 valence electrons. The maximum absolute atomic E-state index is 12.3. The number of nitrogens with one attached hydrogen (secondary N) is 1. The third-order valence-corrected chi connectivity index (χ3v) is 4.63. The van der Waals surface area contributed by atoms with E-state index < -0.39 is 23.8 Å². The number of carbonyl (C=O) groups excluding carboxylic acids is 4. The maximum Gasteiger partial charge on any atom is 0.339 e. The first kappa shape index (κ1) is 19.1. The molecule has 1 N–H and O–H groups in total. The topological polar surface area (TPSA) is 97.7 Å². The molecule has 28 heavy (non-hydrogen) atoms. The molecule has 8 heteroatoms. The Kier molecular flexibility index (Phi) is 4.87. The molecule has 1 aromatic heterocycles. The number of urea groups is 1. The van der Waals surface area contributed by atoms with Crippen LogP contribution in [-0.4, -0.2) is 47.4 Å². The zero-order valence-corrected chi connectivity index (χ0v) is 15.9. The number of carbonyl (C=O) groups is 4. The van der Waals surface area contributed by atoms with Gasteiger partial charge in [0.05, 0.1) is 18.4 Å². The van der Waals surface area contributed by atoms with E-state index in [0.29, 0.717) is 16.8 Å². The van der Waals surface area contributed by atoms with Gasteiger partial charge >= 0.3 is 12.0 Å². The van der Waals surface area contributed by atoms with E-state index in [2.05, 4.69) is 5.32 Å². The van der Waals surface area contributed by atoms with Crippen molar-refractivity contribution in [2.45, 2.75) is 13.8 Å². The monoisotopic (exact) mass is 381 g/mol. The summed E-state index contributed by atoms with van der Waals surface area (Å²) in [6.07, 6.45) is 1.44. The van der Waals surface area contributed by atoms with Gasteiger partial charge in [0.1, 0.15) is 5.57 Å². The number of likely N-dealkylation sites (N-methyl/N-ethyl adjacent to an activating group) is 1. The van der Waals surface area contributed by atoms with Gasteiger partial charge in [0.2, 0.25) is 0 Å². The molecule has 1 aliphatic heterocycles. The number of benzene rings is 1. The van der Waals surface area contributed by atoms with Gasteiger partial charge in [0.25, 0.3) is 11.8 Å². The average Bonchev–Trinajstić information content (AvgIpc) is 2.96. The van der Waals surface area contributed by atoms with Gasteiger partial charge in [-0.15, -0.1) is 0 Å². The lowest BCUT2D eigenvalue weighted by Gasteiger charge is -2.22. The molecule has 0 saturated carbocycles. The molecule has 8 nitrogen and oxygen atoms in total. The Morgan fingerprint density at radius 2 is 1.82 bits per heavy atom. The Morgan fingerprint density at radius 3 is 2.50 bits per heavy atom. The molecule has 0 aliphatic carbocycles. The molecule has 4 amide bonds. The molecule has 1 aromatic carbocycles. The van der Waals surface area contributed by atoms with Crippen LogP contribution in [0.5, 0.6) is 0 Å². The zero-order chi connectivity index (χ0) is 20.6. The molecule has 3 rings (SSSR count). The van der Waals surface area contributed by atoms with Gasteiger partial charge in [0, 0.05) is 18.4 Å². The van der Waals surface area contributed by atoms with Crippen molar-refractivity contribution in [1.82, 2.24) is 14.8 Å². The van der Waals surface area contributed by atoms with Gasteiger partial charge in [-0.05, 0) is 43.7 Å². The molecule has 1 aliphatic rings. The first-order valence-corrected chi connectivity index (χ1v) is 8.48. The van der Waals surface area contributed by atoms with Crippen LogP contribution < -0.4 is 5.32 Å². The Hall–Kier alpha value is -3.68. The number of hydrogen-bond acceptors (Lipinski definition) is 5. The standard InChI is InChI=1S/C20H19N3O5/c1-11-9-13(10-15-17(24)21-20(27)22(3)18(15)25)12(2)23(11)16-8-6-5-7-14(16)19(26)28-4/h5-10H,1-4H3,(H,21,24,27)/b15-10-. The fraction of sp³-hybridized carbons (Fsp3) is 0.200. The number of amides is 4. The lowest BCUT2D eigenvalue weighted by molar-refractivity contribution is -0.129. The van der Waals surface area contributed by atoms with Crippen LogP contribution in [0.2, 0.25) is 0 Å². The molecule has 1 fully saturated rings. The maximum atomic E-state index is 12.3. The first-order valence-electron chi connectivity index (χ1n) is 8.48. The summed E-state index contributed by atoms with van der Waals surface area (Å²) in [5.41, 5.74) is 3.03. The van der Waals surface area contributed by atoms with E-state index >= 15 is 0 Å². The summed E-state index contributed by atoms with van der Waals surface area (Å²) in [7, 11) is 2.61. The molecule has 0 unspecified atom stereocenters. The molecular weight excluding hydrogens is 362 g/mol. The number of imide groups is 2. The molecule has 1 saturated heterocycles. The highest BCUT2D eigenvalue weighted by atomic mass is 16.5. The molecular formula is C20H19N3O5. The quantitative estimate of drug-likeness (QED) is 0.498. The Labute approximate surface area is 161 Å². The summed E-state index contributed by atoms with van der Waals surface area (Å²) in [6.45, 7) is 3.66. The highest BCUT2D eigenvalue weighted by Crippen LogP contribution is 2.26. The van der Waals surface area contributed by atoms with E-state index in [1.807, 2.05) is 18.4 Å². The van der Waals surface area contributed by atoms with Gasteiger partial charge < -0.3 is 9.30 Å². The molecule has 0 bridgehead atoms. The van der Waals surface area contributed by atoms with Crippen molar-refractivity contribution in [3.63, 3.8) is 0 Å². The molecule has 0 radical (unpaired) electrons. The predicted octanol–water partition coefficient (Wildman–Crippen LogP) is 1.97. The third-order valence-electron chi connectivity index (χ3n) is 4.63. The van der Waals surface area contributed by atoms with Gasteiger partial charge in [-0.1, -0.05) is 12.1 Å². The number of barbiturate groups is 1. The second-order valence-corrected chi connectivity index (χ2v) is 6.35. The van der Waals surface area contributed by atoms with Gasteiger partial charge in [-0.3, -0.25) is 19.8 Å².